The van der Waals surface area contributed by atoms with Crippen LogP contribution in [0.25, 0.3) is 0 Å². The van der Waals surface area contributed by atoms with Crippen molar-refractivity contribution in [3.05, 3.63) is 0 Å². The third-order valence-corrected chi connectivity index (χ3v) is 3.13. The van der Waals surface area contributed by atoms with Crippen LogP contribution in [0.1, 0.15) is 53.4 Å². The van der Waals surface area contributed by atoms with Crippen LogP contribution in [-0.4, -0.2) is 18.5 Å². The van der Waals surface area contributed by atoms with E-state index in [0.29, 0.717) is 18.3 Å². The first kappa shape index (κ1) is 12.7. The molecule has 1 rings (SSSR count). The molecule has 1 atom stereocenters. The van der Waals surface area contributed by atoms with E-state index >= 15 is 0 Å². The van der Waals surface area contributed by atoms with Crippen molar-refractivity contribution in [1.82, 2.24) is 0 Å². The lowest BCUT2D eigenvalue weighted by Gasteiger charge is -2.32. The fraction of sp³-hybridized carbons (Fsp3) is 0.923. The van der Waals surface area contributed by atoms with Crippen molar-refractivity contribution >= 4 is 5.78 Å². The fourth-order valence-electron chi connectivity index (χ4n) is 2.08. The lowest BCUT2D eigenvalue weighted by atomic mass is 9.77. The molecular weight excluding hydrogens is 188 g/mol. The molecule has 1 unspecified atom stereocenters. The number of ketones is 1. The number of carbonyl (C=O) groups is 1. The highest BCUT2D eigenvalue weighted by Gasteiger charge is 2.33. The Kier molecular flexibility index (Phi) is 4.32. The number of Topliss-reactive ketones (excluding diaryl/α,β-unsaturated/α-hetero) is 1. The van der Waals surface area contributed by atoms with Crippen LogP contribution in [-0.2, 0) is 9.53 Å². The SMILES string of the molecule is CCOC(C(=O)CC1CCC1)C(C)(C)C. The Balaban J connectivity index is 2.50. The van der Waals surface area contributed by atoms with Crippen molar-refractivity contribution in [2.75, 3.05) is 6.61 Å². The van der Waals surface area contributed by atoms with Crippen LogP contribution in [0, 0.1) is 11.3 Å². The van der Waals surface area contributed by atoms with Crippen molar-refractivity contribution in [3.8, 4) is 0 Å². The van der Waals surface area contributed by atoms with Gasteiger partial charge in [0.15, 0.2) is 5.78 Å². The number of ether oxygens (including phenoxy) is 1. The minimum atomic E-state index is -0.219. The predicted molar refractivity (Wildman–Crippen MR) is 61.8 cm³/mol. The lowest BCUT2D eigenvalue weighted by Crippen LogP contribution is -2.38. The van der Waals surface area contributed by atoms with Crippen LogP contribution in [0.2, 0.25) is 0 Å². The third-order valence-electron chi connectivity index (χ3n) is 3.13. The van der Waals surface area contributed by atoms with E-state index in [2.05, 4.69) is 20.8 Å². The summed E-state index contributed by atoms with van der Waals surface area (Å²) in [7, 11) is 0. The Morgan fingerprint density at radius 2 is 2.00 bits per heavy atom. The van der Waals surface area contributed by atoms with E-state index in [9.17, 15) is 4.79 Å². The molecule has 0 N–H and O–H groups in total. The Bertz CT molecular complexity index is 211. The summed E-state index contributed by atoms with van der Waals surface area (Å²) >= 11 is 0. The summed E-state index contributed by atoms with van der Waals surface area (Å²) in [5, 5.41) is 0. The van der Waals surface area contributed by atoms with Crippen LogP contribution >= 0.6 is 0 Å². The van der Waals surface area contributed by atoms with Gasteiger partial charge in [-0.2, -0.15) is 0 Å². The molecule has 1 aliphatic rings. The normalized spacial score (nSPS) is 19.7. The molecular formula is C13H24O2. The van der Waals surface area contributed by atoms with Gasteiger partial charge in [0, 0.05) is 13.0 Å². The summed E-state index contributed by atoms with van der Waals surface area (Å²) in [6.07, 6.45) is 4.26. The largest absolute Gasteiger partial charge is 0.370 e. The Labute approximate surface area is 93.4 Å². The molecule has 2 nitrogen and oxygen atoms in total. The summed E-state index contributed by atoms with van der Waals surface area (Å²) in [6.45, 7) is 8.80. The van der Waals surface area contributed by atoms with E-state index in [1.54, 1.807) is 0 Å². The van der Waals surface area contributed by atoms with E-state index in [1.807, 2.05) is 6.92 Å². The third kappa shape index (κ3) is 3.60. The zero-order valence-corrected chi connectivity index (χ0v) is 10.5. The van der Waals surface area contributed by atoms with Crippen molar-refractivity contribution in [1.29, 1.82) is 0 Å². The average Bonchev–Trinajstić information content (AvgIpc) is 2.05. The molecule has 1 aliphatic carbocycles. The predicted octanol–water partition coefficient (Wildman–Crippen LogP) is 3.20. The molecule has 0 aromatic carbocycles. The second kappa shape index (κ2) is 5.11. The lowest BCUT2D eigenvalue weighted by molar-refractivity contribution is -0.138. The number of hydrogen-bond donors (Lipinski definition) is 0. The first-order chi connectivity index (χ1) is 6.95. The maximum atomic E-state index is 12.1. The van der Waals surface area contributed by atoms with Gasteiger partial charge >= 0.3 is 0 Å². The molecule has 0 aliphatic heterocycles. The first-order valence-corrected chi connectivity index (χ1v) is 6.09. The Morgan fingerprint density at radius 3 is 2.33 bits per heavy atom. The van der Waals surface area contributed by atoms with Gasteiger partial charge in [-0.3, -0.25) is 4.79 Å². The first-order valence-electron chi connectivity index (χ1n) is 6.09. The smallest absolute Gasteiger partial charge is 0.162 e. The van der Waals surface area contributed by atoms with Crippen LogP contribution in [0.15, 0.2) is 0 Å². The van der Waals surface area contributed by atoms with Gasteiger partial charge in [-0.05, 0) is 18.3 Å². The molecule has 0 aromatic heterocycles. The summed E-state index contributed by atoms with van der Waals surface area (Å²) in [5.74, 6) is 0.942. The van der Waals surface area contributed by atoms with Crippen molar-refractivity contribution in [2.45, 2.75) is 59.5 Å². The minimum absolute atomic E-state index is 0.0726. The Hall–Kier alpha value is -0.370. The van der Waals surface area contributed by atoms with Crippen LogP contribution < -0.4 is 0 Å². The van der Waals surface area contributed by atoms with Gasteiger partial charge in [-0.1, -0.05) is 40.0 Å². The highest BCUT2D eigenvalue weighted by atomic mass is 16.5. The molecule has 0 spiro atoms. The van der Waals surface area contributed by atoms with E-state index in [0.717, 1.165) is 6.42 Å². The van der Waals surface area contributed by atoms with Gasteiger partial charge in [-0.25, -0.2) is 0 Å². The molecule has 0 amide bonds. The quantitative estimate of drug-likeness (QED) is 0.699. The zero-order valence-electron chi connectivity index (χ0n) is 10.5. The van der Waals surface area contributed by atoms with E-state index in [-0.39, 0.29) is 11.5 Å². The van der Waals surface area contributed by atoms with Gasteiger partial charge < -0.3 is 4.74 Å². The van der Waals surface area contributed by atoms with Gasteiger partial charge in [0.05, 0.1) is 0 Å². The van der Waals surface area contributed by atoms with Crippen LogP contribution in [0.4, 0.5) is 0 Å². The topological polar surface area (TPSA) is 26.3 Å². The second-order valence-corrected chi connectivity index (χ2v) is 5.67. The van der Waals surface area contributed by atoms with Crippen LogP contribution in [0.3, 0.4) is 0 Å². The highest BCUT2D eigenvalue weighted by molar-refractivity contribution is 5.84. The molecule has 2 heteroatoms. The van der Waals surface area contributed by atoms with E-state index in [4.69, 9.17) is 4.74 Å². The number of carbonyl (C=O) groups excluding carboxylic acids is 1. The van der Waals surface area contributed by atoms with Gasteiger partial charge in [0.25, 0.3) is 0 Å². The minimum Gasteiger partial charge on any atom is -0.370 e. The van der Waals surface area contributed by atoms with Gasteiger partial charge in [0.1, 0.15) is 6.10 Å². The monoisotopic (exact) mass is 212 g/mol. The second-order valence-electron chi connectivity index (χ2n) is 5.67. The summed E-state index contributed by atoms with van der Waals surface area (Å²) in [6, 6.07) is 0. The molecule has 1 fully saturated rings. The maximum absolute atomic E-state index is 12.1. The van der Waals surface area contributed by atoms with Gasteiger partial charge in [0.2, 0.25) is 0 Å². The number of rotatable bonds is 5. The zero-order chi connectivity index (χ0) is 11.5. The molecule has 0 saturated heterocycles. The Morgan fingerprint density at radius 1 is 1.40 bits per heavy atom. The molecule has 0 aromatic rings. The molecule has 0 bridgehead atoms. The standard InChI is InChI=1S/C13H24O2/c1-5-15-12(13(2,3)4)11(14)9-10-7-6-8-10/h10,12H,5-9H2,1-4H3. The molecule has 15 heavy (non-hydrogen) atoms. The highest BCUT2D eigenvalue weighted by Crippen LogP contribution is 2.32. The molecule has 88 valence electrons. The molecule has 0 heterocycles. The molecule has 0 radical (unpaired) electrons. The van der Waals surface area contributed by atoms with Crippen LogP contribution in [0.5, 0.6) is 0 Å². The summed E-state index contributed by atoms with van der Waals surface area (Å²) < 4.78 is 5.59. The maximum Gasteiger partial charge on any atom is 0.162 e. The van der Waals surface area contributed by atoms with E-state index < -0.39 is 0 Å². The fourth-order valence-corrected chi connectivity index (χ4v) is 2.08. The van der Waals surface area contributed by atoms with E-state index in [1.165, 1.54) is 19.3 Å². The molecule has 1 saturated carbocycles. The average molecular weight is 212 g/mol. The van der Waals surface area contributed by atoms with Gasteiger partial charge in [-0.15, -0.1) is 0 Å². The summed E-state index contributed by atoms with van der Waals surface area (Å²) in [4.78, 5) is 12.1. The van der Waals surface area contributed by atoms with Crippen molar-refractivity contribution < 1.29 is 9.53 Å². The number of hydrogen-bond acceptors (Lipinski definition) is 2. The van der Waals surface area contributed by atoms with Crippen molar-refractivity contribution in [2.24, 2.45) is 11.3 Å². The summed E-state index contributed by atoms with van der Waals surface area (Å²) in [5.41, 5.74) is -0.0726. The van der Waals surface area contributed by atoms with Crippen molar-refractivity contribution in [3.63, 3.8) is 0 Å².